The minimum Gasteiger partial charge on any atom is -0.462 e. The molecule has 1 aromatic rings. The van der Waals surface area contributed by atoms with E-state index in [1.807, 2.05) is 6.07 Å². The summed E-state index contributed by atoms with van der Waals surface area (Å²) in [6.45, 7) is -0.340. The first kappa shape index (κ1) is 14.2. The molecular weight excluding hydrogens is 298 g/mol. The van der Waals surface area contributed by atoms with Gasteiger partial charge in [-0.2, -0.15) is 0 Å². The zero-order chi connectivity index (χ0) is 16.0. The molecule has 2 bridgehead atoms. The third kappa shape index (κ3) is 2.38. The van der Waals surface area contributed by atoms with Crippen molar-refractivity contribution >= 4 is 23.5 Å². The van der Waals surface area contributed by atoms with Crippen LogP contribution in [-0.2, 0) is 23.9 Å². The van der Waals surface area contributed by atoms with Gasteiger partial charge >= 0.3 is 11.9 Å². The molecular formula is C17H17NO5. The maximum Gasteiger partial charge on any atom is 0.310 e. The maximum atomic E-state index is 12.3. The van der Waals surface area contributed by atoms with Crippen molar-refractivity contribution in [1.29, 1.82) is 0 Å². The van der Waals surface area contributed by atoms with Gasteiger partial charge in [0.25, 0.3) is 5.91 Å². The predicted octanol–water partition coefficient (Wildman–Crippen LogP) is 1.37. The van der Waals surface area contributed by atoms with E-state index < -0.39 is 11.9 Å². The number of fused-ring (bicyclic) bond motifs is 1. The highest BCUT2D eigenvalue weighted by molar-refractivity contribution is 5.93. The molecule has 2 saturated carbocycles. The zero-order valence-electron chi connectivity index (χ0n) is 12.4. The van der Waals surface area contributed by atoms with E-state index in [1.54, 1.807) is 24.3 Å². The van der Waals surface area contributed by atoms with Gasteiger partial charge in [-0.1, -0.05) is 18.2 Å². The Morgan fingerprint density at radius 3 is 2.78 bits per heavy atom. The van der Waals surface area contributed by atoms with Crippen LogP contribution in [0.3, 0.4) is 0 Å². The lowest BCUT2D eigenvalue weighted by Crippen LogP contribution is -2.34. The second-order valence-corrected chi connectivity index (χ2v) is 6.44. The molecule has 6 nitrogen and oxygen atoms in total. The van der Waals surface area contributed by atoms with E-state index in [-0.39, 0.29) is 42.3 Å². The summed E-state index contributed by atoms with van der Waals surface area (Å²) < 4.78 is 10.5. The number of carbonyl (C=O) groups excluding carboxylic acids is 3. The number of para-hydroxylation sites is 1. The number of ether oxygens (including phenoxy) is 2. The summed E-state index contributed by atoms with van der Waals surface area (Å²) in [6, 6.07) is 8.96. The van der Waals surface area contributed by atoms with Crippen LogP contribution in [0, 0.1) is 23.7 Å². The van der Waals surface area contributed by atoms with Crippen LogP contribution >= 0.6 is 0 Å². The molecule has 1 saturated heterocycles. The smallest absolute Gasteiger partial charge is 0.310 e. The Morgan fingerprint density at radius 2 is 2.00 bits per heavy atom. The van der Waals surface area contributed by atoms with E-state index in [1.165, 1.54) is 0 Å². The van der Waals surface area contributed by atoms with Gasteiger partial charge in [0.1, 0.15) is 6.10 Å². The second-order valence-electron chi connectivity index (χ2n) is 6.44. The number of benzene rings is 1. The van der Waals surface area contributed by atoms with Gasteiger partial charge in [-0.15, -0.1) is 0 Å². The third-order valence-corrected chi connectivity index (χ3v) is 5.16. The molecule has 2 aliphatic carbocycles. The Morgan fingerprint density at radius 1 is 1.22 bits per heavy atom. The lowest BCUT2D eigenvalue weighted by atomic mass is 9.80. The van der Waals surface area contributed by atoms with Gasteiger partial charge in [0.05, 0.1) is 11.8 Å². The fraction of sp³-hybridized carbons (Fsp3) is 0.471. The first-order valence-corrected chi connectivity index (χ1v) is 7.85. The van der Waals surface area contributed by atoms with Gasteiger partial charge in [-0.3, -0.25) is 14.4 Å². The minimum atomic E-state index is -0.456. The van der Waals surface area contributed by atoms with E-state index in [4.69, 9.17) is 9.47 Å². The molecule has 4 rings (SSSR count). The molecule has 3 fully saturated rings. The van der Waals surface area contributed by atoms with Crippen molar-refractivity contribution in [2.45, 2.75) is 18.9 Å². The molecule has 0 unspecified atom stereocenters. The summed E-state index contributed by atoms with van der Waals surface area (Å²) in [7, 11) is 0. The number of carbonyl (C=O) groups is 3. The fourth-order valence-corrected chi connectivity index (χ4v) is 4.28. The van der Waals surface area contributed by atoms with Crippen molar-refractivity contribution < 1.29 is 23.9 Å². The van der Waals surface area contributed by atoms with Gasteiger partial charge in [0, 0.05) is 11.6 Å². The number of amides is 1. The quantitative estimate of drug-likeness (QED) is 0.849. The first-order valence-electron chi connectivity index (χ1n) is 7.85. The summed E-state index contributed by atoms with van der Waals surface area (Å²) in [6.07, 6.45) is 1.57. The number of nitrogens with one attached hydrogen (secondary N) is 1. The van der Waals surface area contributed by atoms with Crippen molar-refractivity contribution in [1.82, 2.24) is 0 Å². The van der Waals surface area contributed by atoms with Gasteiger partial charge < -0.3 is 14.8 Å². The summed E-state index contributed by atoms with van der Waals surface area (Å²) in [5.41, 5.74) is 0.649. The second kappa shape index (κ2) is 5.37. The number of esters is 2. The van der Waals surface area contributed by atoms with Crippen molar-refractivity contribution in [3.05, 3.63) is 30.3 Å². The molecule has 3 aliphatic rings. The van der Waals surface area contributed by atoms with Crippen LogP contribution < -0.4 is 5.32 Å². The highest BCUT2D eigenvalue weighted by atomic mass is 16.6. The Kier molecular flexibility index (Phi) is 3.32. The molecule has 120 valence electrons. The summed E-state index contributed by atoms with van der Waals surface area (Å²) in [5, 5.41) is 2.66. The average Bonchev–Trinajstić information content (AvgIpc) is 3.15. The number of hydrogen-bond donors (Lipinski definition) is 1. The SMILES string of the molecule is O=C(COC(=O)[C@H]1[C@@H]2C[C@H]3[C@@H]1C(=O)O[C@@H]3C2)Nc1ccccc1. The zero-order valence-corrected chi connectivity index (χ0v) is 12.4. The predicted molar refractivity (Wildman–Crippen MR) is 79.1 cm³/mol. The highest BCUT2D eigenvalue weighted by Crippen LogP contribution is 2.57. The summed E-state index contributed by atoms with van der Waals surface area (Å²) in [5.74, 6) is -1.65. The van der Waals surface area contributed by atoms with E-state index in [0.29, 0.717) is 5.69 Å². The molecule has 1 heterocycles. The monoisotopic (exact) mass is 315 g/mol. The van der Waals surface area contributed by atoms with Crippen molar-refractivity contribution in [2.24, 2.45) is 23.7 Å². The summed E-state index contributed by atoms with van der Waals surface area (Å²) >= 11 is 0. The van der Waals surface area contributed by atoms with Crippen molar-refractivity contribution in [3.63, 3.8) is 0 Å². The Hall–Kier alpha value is -2.37. The normalized spacial score (nSPS) is 33.4. The van der Waals surface area contributed by atoms with Crippen LogP contribution in [0.4, 0.5) is 5.69 Å². The van der Waals surface area contributed by atoms with Crippen molar-refractivity contribution in [2.75, 3.05) is 11.9 Å². The van der Waals surface area contributed by atoms with Crippen LogP contribution in [0.2, 0.25) is 0 Å². The maximum absolute atomic E-state index is 12.3. The van der Waals surface area contributed by atoms with Crippen LogP contribution in [-0.4, -0.2) is 30.6 Å². The van der Waals surface area contributed by atoms with Crippen LogP contribution in [0.1, 0.15) is 12.8 Å². The molecule has 6 heteroatoms. The molecule has 1 aliphatic heterocycles. The molecule has 5 atom stereocenters. The van der Waals surface area contributed by atoms with E-state index in [2.05, 4.69) is 5.32 Å². The van der Waals surface area contributed by atoms with Gasteiger partial charge in [-0.25, -0.2) is 0 Å². The number of hydrogen-bond acceptors (Lipinski definition) is 5. The van der Waals surface area contributed by atoms with Gasteiger partial charge in [0.2, 0.25) is 0 Å². The van der Waals surface area contributed by atoms with E-state index in [9.17, 15) is 14.4 Å². The molecule has 1 aromatic carbocycles. The summed E-state index contributed by atoms with van der Waals surface area (Å²) in [4.78, 5) is 36.0. The van der Waals surface area contributed by atoms with Gasteiger partial charge in [-0.05, 0) is 30.9 Å². The lowest BCUT2D eigenvalue weighted by molar-refractivity contribution is -0.157. The average molecular weight is 315 g/mol. The molecule has 0 radical (unpaired) electrons. The standard InChI is InChI=1S/C17H17NO5/c19-13(18-10-4-2-1-3-5-10)8-22-16(20)14-9-6-11-12(7-9)23-17(21)15(11)14/h1-5,9,11-12,14-15H,6-8H2,(H,18,19)/t9-,11-,12-,14+,15+/m1/s1. The Balaban J connectivity index is 1.34. The van der Waals surface area contributed by atoms with E-state index >= 15 is 0 Å². The molecule has 0 aromatic heterocycles. The Labute approximate surface area is 133 Å². The number of rotatable bonds is 4. The first-order chi connectivity index (χ1) is 11.1. The molecule has 1 amide bonds. The van der Waals surface area contributed by atoms with Crippen LogP contribution in [0.15, 0.2) is 30.3 Å². The highest BCUT2D eigenvalue weighted by Gasteiger charge is 2.64. The molecule has 0 spiro atoms. The third-order valence-electron chi connectivity index (χ3n) is 5.16. The Bertz CT molecular complexity index is 656. The fourth-order valence-electron chi connectivity index (χ4n) is 4.28. The lowest BCUT2D eigenvalue weighted by Gasteiger charge is -2.22. The molecule has 23 heavy (non-hydrogen) atoms. The van der Waals surface area contributed by atoms with Gasteiger partial charge in [0.15, 0.2) is 6.61 Å². The minimum absolute atomic E-state index is 0.0112. The largest absolute Gasteiger partial charge is 0.462 e. The van der Waals surface area contributed by atoms with Crippen LogP contribution in [0.25, 0.3) is 0 Å². The van der Waals surface area contributed by atoms with Crippen molar-refractivity contribution in [3.8, 4) is 0 Å². The van der Waals surface area contributed by atoms with Crippen LogP contribution in [0.5, 0.6) is 0 Å². The van der Waals surface area contributed by atoms with E-state index in [0.717, 1.165) is 12.8 Å². The molecule has 1 N–H and O–H groups in total. The number of anilines is 1. The topological polar surface area (TPSA) is 81.7 Å².